The summed E-state index contributed by atoms with van der Waals surface area (Å²) in [5.41, 5.74) is -0.737. The van der Waals surface area contributed by atoms with Gasteiger partial charge >= 0.3 is 0 Å². The Balaban J connectivity index is 3.21. The molecule has 13 heavy (non-hydrogen) atoms. The van der Waals surface area contributed by atoms with Gasteiger partial charge in [-0.05, 0) is 12.2 Å². The van der Waals surface area contributed by atoms with Crippen molar-refractivity contribution in [2.75, 3.05) is 0 Å². The van der Waals surface area contributed by atoms with Gasteiger partial charge < -0.3 is 0 Å². The Kier molecular flexibility index (Phi) is 2.36. The van der Waals surface area contributed by atoms with Crippen LogP contribution >= 0.6 is 11.6 Å². The van der Waals surface area contributed by atoms with Gasteiger partial charge in [0.2, 0.25) is 0 Å². The standard InChI is InChI=1S/C8H3ClF2N2/c9-8(4-13)2-1-6(10)5(3-12)7(8)11/h1-2,7H. The minimum atomic E-state index is -2.12. The van der Waals surface area contributed by atoms with Gasteiger partial charge in [0.15, 0.2) is 11.0 Å². The summed E-state index contributed by atoms with van der Waals surface area (Å²) in [4.78, 5) is -1.96. The highest BCUT2D eigenvalue weighted by Crippen LogP contribution is 2.34. The van der Waals surface area contributed by atoms with E-state index in [1.165, 1.54) is 12.1 Å². The van der Waals surface area contributed by atoms with Gasteiger partial charge in [-0.15, -0.1) is 0 Å². The highest BCUT2D eigenvalue weighted by atomic mass is 35.5. The number of hydrogen-bond acceptors (Lipinski definition) is 2. The Labute approximate surface area is 78.3 Å². The topological polar surface area (TPSA) is 47.6 Å². The first kappa shape index (κ1) is 9.70. The SMILES string of the molecule is N#CC1=C(F)C=CC(Cl)(C#N)C1F. The van der Waals surface area contributed by atoms with Crippen molar-refractivity contribution in [2.24, 2.45) is 0 Å². The zero-order chi connectivity index (χ0) is 10.1. The van der Waals surface area contributed by atoms with E-state index in [0.717, 1.165) is 12.2 Å². The second-order valence-corrected chi connectivity index (χ2v) is 3.07. The molecule has 0 bridgehead atoms. The Morgan fingerprint density at radius 1 is 1.54 bits per heavy atom. The third-order valence-corrected chi connectivity index (χ3v) is 2.05. The first-order valence-electron chi connectivity index (χ1n) is 3.28. The lowest BCUT2D eigenvalue weighted by Crippen LogP contribution is -2.33. The second-order valence-electron chi connectivity index (χ2n) is 2.45. The molecule has 5 heteroatoms. The third kappa shape index (κ3) is 1.41. The molecule has 0 aromatic carbocycles. The van der Waals surface area contributed by atoms with Crippen LogP contribution in [0.3, 0.4) is 0 Å². The van der Waals surface area contributed by atoms with Crippen LogP contribution in [0.1, 0.15) is 0 Å². The average molecular weight is 201 g/mol. The molecular formula is C8H3ClF2N2. The molecule has 66 valence electrons. The van der Waals surface area contributed by atoms with Crippen molar-refractivity contribution < 1.29 is 8.78 Å². The van der Waals surface area contributed by atoms with Crippen LogP contribution < -0.4 is 0 Å². The fourth-order valence-electron chi connectivity index (χ4n) is 0.904. The number of rotatable bonds is 0. The highest BCUT2D eigenvalue weighted by Gasteiger charge is 2.42. The van der Waals surface area contributed by atoms with Crippen LogP contribution in [0.5, 0.6) is 0 Å². The van der Waals surface area contributed by atoms with Gasteiger partial charge in [-0.1, -0.05) is 11.6 Å². The van der Waals surface area contributed by atoms with Crippen molar-refractivity contribution in [1.82, 2.24) is 0 Å². The second kappa shape index (κ2) is 3.16. The van der Waals surface area contributed by atoms with E-state index >= 15 is 0 Å². The monoisotopic (exact) mass is 200 g/mol. The van der Waals surface area contributed by atoms with Crippen LogP contribution in [0.4, 0.5) is 8.78 Å². The van der Waals surface area contributed by atoms with E-state index in [1.807, 2.05) is 0 Å². The molecule has 2 atom stereocenters. The van der Waals surface area contributed by atoms with Crippen LogP contribution in [-0.4, -0.2) is 11.0 Å². The normalized spacial score (nSPS) is 32.5. The summed E-state index contributed by atoms with van der Waals surface area (Å²) in [6.45, 7) is 0. The molecule has 0 fully saturated rings. The first-order chi connectivity index (χ1) is 6.05. The molecule has 0 saturated heterocycles. The molecule has 0 spiro atoms. The Bertz CT molecular complexity index is 375. The van der Waals surface area contributed by atoms with Gasteiger partial charge in [0.05, 0.1) is 6.07 Å². The molecule has 0 aromatic heterocycles. The van der Waals surface area contributed by atoms with E-state index in [-0.39, 0.29) is 0 Å². The molecule has 1 aliphatic rings. The van der Waals surface area contributed by atoms with E-state index in [4.69, 9.17) is 22.1 Å². The van der Waals surface area contributed by atoms with Crippen molar-refractivity contribution in [3.8, 4) is 12.1 Å². The van der Waals surface area contributed by atoms with E-state index in [1.54, 1.807) is 0 Å². The molecule has 0 amide bonds. The van der Waals surface area contributed by atoms with Gasteiger partial charge in [-0.25, -0.2) is 8.78 Å². The summed E-state index contributed by atoms with van der Waals surface area (Å²) in [7, 11) is 0. The third-order valence-electron chi connectivity index (χ3n) is 1.64. The zero-order valence-corrected chi connectivity index (χ0v) is 7.02. The largest absolute Gasteiger partial charge is 0.238 e. The number of alkyl halides is 2. The fourth-order valence-corrected chi connectivity index (χ4v) is 1.08. The molecule has 1 rings (SSSR count). The van der Waals surface area contributed by atoms with Crippen LogP contribution in [0.2, 0.25) is 0 Å². The van der Waals surface area contributed by atoms with Crippen molar-refractivity contribution in [3.63, 3.8) is 0 Å². The number of hydrogen-bond donors (Lipinski definition) is 0. The number of allylic oxidation sites excluding steroid dienone is 4. The summed E-state index contributed by atoms with van der Waals surface area (Å²) < 4.78 is 26.0. The fraction of sp³-hybridized carbons (Fsp3) is 0.250. The minimum Gasteiger partial charge on any atom is -0.238 e. The summed E-state index contributed by atoms with van der Waals surface area (Å²) >= 11 is 5.47. The van der Waals surface area contributed by atoms with E-state index in [0.29, 0.717) is 0 Å². The number of halogens is 3. The van der Waals surface area contributed by atoms with Gasteiger partial charge in [-0.3, -0.25) is 0 Å². The maximum Gasteiger partial charge on any atom is 0.185 e. The minimum absolute atomic E-state index is 0.737. The van der Waals surface area contributed by atoms with Gasteiger partial charge in [0.1, 0.15) is 17.5 Å². The smallest absolute Gasteiger partial charge is 0.185 e. The van der Waals surface area contributed by atoms with Crippen molar-refractivity contribution >= 4 is 11.6 Å². The Morgan fingerprint density at radius 2 is 2.15 bits per heavy atom. The zero-order valence-electron chi connectivity index (χ0n) is 6.26. The maximum absolute atomic E-state index is 13.2. The molecule has 0 aliphatic heterocycles. The maximum atomic E-state index is 13.2. The summed E-state index contributed by atoms with van der Waals surface area (Å²) in [6, 6.07) is 2.80. The lowest BCUT2D eigenvalue weighted by molar-refractivity contribution is 0.353. The predicted molar refractivity (Wildman–Crippen MR) is 42.0 cm³/mol. The van der Waals surface area contributed by atoms with Crippen molar-refractivity contribution in [2.45, 2.75) is 11.0 Å². The van der Waals surface area contributed by atoms with Crippen LogP contribution in [-0.2, 0) is 0 Å². The average Bonchev–Trinajstić information content (AvgIpc) is 2.13. The molecular weight excluding hydrogens is 198 g/mol. The summed E-state index contributed by atoms with van der Waals surface area (Å²) in [6.07, 6.45) is -0.394. The molecule has 0 heterocycles. The molecule has 0 aromatic rings. The van der Waals surface area contributed by atoms with Crippen molar-refractivity contribution in [1.29, 1.82) is 10.5 Å². The highest BCUT2D eigenvalue weighted by molar-refractivity contribution is 6.28. The predicted octanol–water partition coefficient (Wildman–Crippen LogP) is 2.14. The van der Waals surface area contributed by atoms with Crippen molar-refractivity contribution in [3.05, 3.63) is 23.6 Å². The van der Waals surface area contributed by atoms with Crippen LogP contribution in [0, 0.1) is 22.7 Å². The Morgan fingerprint density at radius 3 is 2.62 bits per heavy atom. The van der Waals surface area contributed by atoms with E-state index < -0.39 is 22.4 Å². The number of nitriles is 2. The Hall–Kier alpha value is -1.39. The number of nitrogens with zero attached hydrogens (tertiary/aromatic N) is 2. The van der Waals surface area contributed by atoms with Gasteiger partial charge in [-0.2, -0.15) is 10.5 Å². The molecule has 0 radical (unpaired) electrons. The molecule has 1 aliphatic carbocycles. The lowest BCUT2D eigenvalue weighted by atomic mass is 9.92. The molecule has 2 unspecified atom stereocenters. The summed E-state index contributed by atoms with van der Waals surface area (Å²) in [5, 5.41) is 16.9. The molecule has 0 saturated carbocycles. The van der Waals surface area contributed by atoms with E-state index in [9.17, 15) is 8.78 Å². The van der Waals surface area contributed by atoms with Gasteiger partial charge in [0.25, 0.3) is 0 Å². The van der Waals surface area contributed by atoms with Crippen LogP contribution in [0.25, 0.3) is 0 Å². The quantitative estimate of drug-likeness (QED) is 0.563. The lowest BCUT2D eigenvalue weighted by Gasteiger charge is -2.22. The summed E-state index contributed by atoms with van der Waals surface area (Å²) in [5.74, 6) is -0.985. The van der Waals surface area contributed by atoms with E-state index in [2.05, 4.69) is 0 Å². The molecule has 2 nitrogen and oxygen atoms in total. The van der Waals surface area contributed by atoms with Crippen LogP contribution in [0.15, 0.2) is 23.6 Å². The van der Waals surface area contributed by atoms with Gasteiger partial charge in [0, 0.05) is 0 Å². The molecule has 0 N–H and O–H groups in total. The first-order valence-corrected chi connectivity index (χ1v) is 3.66.